The second-order valence-electron chi connectivity index (χ2n) is 7.02. The smallest absolute Gasteiger partial charge is 0.192 e. The monoisotopic (exact) mass is 399 g/mol. The van der Waals surface area contributed by atoms with E-state index < -0.39 is 0 Å². The average Bonchev–Trinajstić information content (AvgIpc) is 3.24. The molecule has 0 aliphatic heterocycles. The molecule has 0 fully saturated rings. The topological polar surface area (TPSA) is 30.7 Å². The van der Waals surface area contributed by atoms with Crippen LogP contribution in [0.3, 0.4) is 0 Å². The minimum atomic E-state index is -0.208. The van der Waals surface area contributed by atoms with Gasteiger partial charge in [0.25, 0.3) is 0 Å². The summed E-state index contributed by atoms with van der Waals surface area (Å²) in [4.78, 5) is 1.49. The molecular weight excluding hydrogens is 377 g/mol. The quantitative estimate of drug-likeness (QED) is 0.391. The summed E-state index contributed by atoms with van der Waals surface area (Å²) in [7, 11) is 0. The van der Waals surface area contributed by atoms with Gasteiger partial charge < -0.3 is 0 Å². The van der Waals surface area contributed by atoms with E-state index in [0.29, 0.717) is 12.3 Å². The van der Waals surface area contributed by atoms with Gasteiger partial charge in [0.15, 0.2) is 11.0 Å². The van der Waals surface area contributed by atoms with Crippen molar-refractivity contribution in [2.75, 3.05) is 0 Å². The van der Waals surface area contributed by atoms with E-state index in [4.69, 9.17) is 0 Å². The lowest BCUT2D eigenvalue weighted by Crippen LogP contribution is -2.10. The molecule has 0 bridgehead atoms. The van der Waals surface area contributed by atoms with E-state index in [1.807, 2.05) is 23.5 Å². The molecule has 140 valence electrons. The Morgan fingerprint density at radius 1 is 1.41 bits per heavy atom. The Labute approximate surface area is 167 Å². The van der Waals surface area contributed by atoms with Crippen LogP contribution in [0.1, 0.15) is 29.3 Å². The van der Waals surface area contributed by atoms with Crippen LogP contribution in [0.5, 0.6) is 0 Å². The standard InChI is InChI=1S/C21H22FN3S2/c1-3-9-25-20(18-13-26-19-10-14(2)7-8-17(18)19)23-24-21(25)27-12-15-5-4-6-16(22)11-15/h3-6,11,13-14H,1,7-10,12H2,2H3. The van der Waals surface area contributed by atoms with Gasteiger partial charge in [0, 0.05) is 28.1 Å². The molecule has 0 N–H and O–H groups in total. The molecule has 0 radical (unpaired) electrons. The highest BCUT2D eigenvalue weighted by molar-refractivity contribution is 7.98. The van der Waals surface area contributed by atoms with Crippen molar-refractivity contribution >= 4 is 23.1 Å². The Morgan fingerprint density at radius 3 is 3.11 bits per heavy atom. The van der Waals surface area contributed by atoms with Gasteiger partial charge in [-0.3, -0.25) is 4.57 Å². The van der Waals surface area contributed by atoms with Gasteiger partial charge in [-0.15, -0.1) is 28.1 Å². The Bertz CT molecular complexity index is 960. The molecule has 3 nitrogen and oxygen atoms in total. The van der Waals surface area contributed by atoms with Crippen molar-refractivity contribution in [3.63, 3.8) is 0 Å². The van der Waals surface area contributed by atoms with Gasteiger partial charge in [0.2, 0.25) is 0 Å². The van der Waals surface area contributed by atoms with Crippen LogP contribution in [0.15, 0.2) is 47.5 Å². The van der Waals surface area contributed by atoms with Crippen LogP contribution in [0.2, 0.25) is 0 Å². The molecule has 1 aliphatic carbocycles. The molecular formula is C21H22FN3S2. The van der Waals surface area contributed by atoms with Gasteiger partial charge >= 0.3 is 0 Å². The third kappa shape index (κ3) is 3.87. The number of nitrogens with zero attached hydrogens (tertiary/aromatic N) is 3. The third-order valence-electron chi connectivity index (χ3n) is 4.93. The zero-order valence-electron chi connectivity index (χ0n) is 15.3. The lowest BCUT2D eigenvalue weighted by Gasteiger charge is -2.19. The van der Waals surface area contributed by atoms with Crippen molar-refractivity contribution in [2.45, 2.75) is 43.6 Å². The Balaban J connectivity index is 1.62. The Hall–Kier alpha value is -1.92. The van der Waals surface area contributed by atoms with Gasteiger partial charge in [-0.2, -0.15) is 0 Å². The molecule has 0 saturated carbocycles. The van der Waals surface area contributed by atoms with E-state index in [0.717, 1.165) is 35.3 Å². The van der Waals surface area contributed by atoms with Crippen molar-refractivity contribution in [2.24, 2.45) is 5.92 Å². The maximum atomic E-state index is 13.4. The van der Waals surface area contributed by atoms with Crippen molar-refractivity contribution in [1.29, 1.82) is 0 Å². The number of halogens is 1. The summed E-state index contributed by atoms with van der Waals surface area (Å²) in [6.45, 7) is 6.88. The molecule has 0 spiro atoms. The molecule has 6 heteroatoms. The summed E-state index contributed by atoms with van der Waals surface area (Å²) in [6, 6.07) is 6.71. The number of allylic oxidation sites excluding steroid dienone is 1. The van der Waals surface area contributed by atoms with Gasteiger partial charge in [-0.25, -0.2) is 4.39 Å². The van der Waals surface area contributed by atoms with Crippen LogP contribution in [0, 0.1) is 11.7 Å². The minimum Gasteiger partial charge on any atom is -0.298 e. The first-order valence-electron chi connectivity index (χ1n) is 9.16. The zero-order valence-corrected chi connectivity index (χ0v) is 17.0. The molecule has 2 aromatic heterocycles. The summed E-state index contributed by atoms with van der Waals surface area (Å²) in [5.74, 6) is 2.13. The van der Waals surface area contributed by atoms with Crippen LogP contribution < -0.4 is 0 Å². The molecule has 0 amide bonds. The van der Waals surface area contributed by atoms with Crippen LogP contribution in [-0.4, -0.2) is 14.8 Å². The fourth-order valence-electron chi connectivity index (χ4n) is 3.53. The van der Waals surface area contributed by atoms with E-state index in [2.05, 4.69) is 33.6 Å². The van der Waals surface area contributed by atoms with Crippen LogP contribution in [-0.2, 0) is 25.1 Å². The molecule has 1 aliphatic rings. The Morgan fingerprint density at radius 2 is 2.30 bits per heavy atom. The highest BCUT2D eigenvalue weighted by atomic mass is 32.2. The fourth-order valence-corrected chi connectivity index (χ4v) is 5.66. The van der Waals surface area contributed by atoms with Crippen LogP contribution in [0.25, 0.3) is 11.4 Å². The summed E-state index contributed by atoms with van der Waals surface area (Å²) in [5.41, 5.74) is 3.60. The second-order valence-corrected chi connectivity index (χ2v) is 8.93. The lowest BCUT2D eigenvalue weighted by atomic mass is 9.88. The predicted molar refractivity (Wildman–Crippen MR) is 111 cm³/mol. The van der Waals surface area contributed by atoms with Crippen LogP contribution in [0.4, 0.5) is 4.39 Å². The number of fused-ring (bicyclic) bond motifs is 1. The number of rotatable bonds is 6. The lowest BCUT2D eigenvalue weighted by molar-refractivity contribution is 0.508. The molecule has 0 saturated heterocycles. The third-order valence-corrected chi connectivity index (χ3v) is 7.02. The molecule has 3 aromatic rings. The first-order chi connectivity index (χ1) is 13.2. The van der Waals surface area contributed by atoms with Crippen molar-refractivity contribution in [3.05, 3.63) is 64.1 Å². The van der Waals surface area contributed by atoms with Gasteiger partial charge in [0.05, 0.1) is 0 Å². The average molecular weight is 400 g/mol. The molecule has 2 heterocycles. The fraction of sp³-hybridized carbons (Fsp3) is 0.333. The highest BCUT2D eigenvalue weighted by Gasteiger charge is 2.24. The number of thioether (sulfide) groups is 1. The summed E-state index contributed by atoms with van der Waals surface area (Å²) in [5, 5.41) is 12.0. The van der Waals surface area contributed by atoms with Crippen LogP contribution >= 0.6 is 23.1 Å². The second kappa shape index (κ2) is 7.98. The molecule has 1 atom stereocenters. The number of hydrogen-bond acceptors (Lipinski definition) is 4. The van der Waals surface area contributed by atoms with Crippen molar-refractivity contribution in [3.8, 4) is 11.4 Å². The number of aromatic nitrogens is 3. The van der Waals surface area contributed by atoms with E-state index in [1.54, 1.807) is 23.9 Å². The molecule has 27 heavy (non-hydrogen) atoms. The zero-order chi connectivity index (χ0) is 18.8. The normalized spacial score (nSPS) is 16.3. The van der Waals surface area contributed by atoms with E-state index in [9.17, 15) is 4.39 Å². The van der Waals surface area contributed by atoms with E-state index in [1.165, 1.54) is 28.5 Å². The van der Waals surface area contributed by atoms with E-state index >= 15 is 0 Å². The number of thiophene rings is 1. The number of hydrogen-bond donors (Lipinski definition) is 0. The number of benzene rings is 1. The predicted octanol–water partition coefficient (Wildman–Crippen LogP) is 5.75. The van der Waals surface area contributed by atoms with Crippen molar-refractivity contribution in [1.82, 2.24) is 14.8 Å². The maximum Gasteiger partial charge on any atom is 0.192 e. The first-order valence-corrected chi connectivity index (χ1v) is 11.0. The van der Waals surface area contributed by atoms with E-state index in [-0.39, 0.29) is 5.82 Å². The molecule has 1 aromatic carbocycles. The largest absolute Gasteiger partial charge is 0.298 e. The SMILES string of the molecule is C=CCn1c(SCc2cccc(F)c2)nnc1-c1csc2c1CCC(C)C2. The molecule has 1 unspecified atom stereocenters. The summed E-state index contributed by atoms with van der Waals surface area (Å²) in [6.07, 6.45) is 5.38. The minimum absolute atomic E-state index is 0.208. The van der Waals surface area contributed by atoms with Gasteiger partial charge in [-0.1, -0.05) is 36.9 Å². The Kier molecular flexibility index (Phi) is 5.45. The maximum absolute atomic E-state index is 13.4. The van der Waals surface area contributed by atoms with Gasteiger partial charge in [0.1, 0.15) is 5.82 Å². The van der Waals surface area contributed by atoms with Crippen molar-refractivity contribution < 1.29 is 4.39 Å². The summed E-state index contributed by atoms with van der Waals surface area (Å²) >= 11 is 3.43. The van der Waals surface area contributed by atoms with Gasteiger partial charge in [-0.05, 0) is 48.4 Å². The summed E-state index contributed by atoms with van der Waals surface area (Å²) < 4.78 is 15.5. The first kappa shape index (κ1) is 18.4. The highest BCUT2D eigenvalue weighted by Crippen LogP contribution is 2.38. The molecule has 4 rings (SSSR count).